The van der Waals surface area contributed by atoms with Gasteiger partial charge in [0.05, 0.1) is 12.7 Å². The van der Waals surface area contributed by atoms with Gasteiger partial charge >= 0.3 is 0 Å². The maximum atomic E-state index is 11.8. The molecule has 3 N–H and O–H groups in total. The zero-order chi connectivity index (χ0) is 14.6. The highest BCUT2D eigenvalue weighted by molar-refractivity contribution is 5.87. The van der Waals surface area contributed by atoms with Crippen molar-refractivity contribution in [3.05, 3.63) is 25.3 Å². The summed E-state index contributed by atoms with van der Waals surface area (Å²) in [5.41, 5.74) is 0. The van der Waals surface area contributed by atoms with E-state index in [-0.39, 0.29) is 12.5 Å². The molecule has 0 aliphatic carbocycles. The van der Waals surface area contributed by atoms with Gasteiger partial charge in [-0.1, -0.05) is 19.6 Å². The molecule has 0 bridgehead atoms. The first kappa shape index (κ1) is 15.8. The molecule has 19 heavy (non-hydrogen) atoms. The highest BCUT2D eigenvalue weighted by Crippen LogP contribution is 2.28. The molecule has 0 radical (unpaired) electrons. The second kappa shape index (κ2) is 6.81. The van der Waals surface area contributed by atoms with E-state index in [9.17, 15) is 15.0 Å². The normalized spacial score (nSPS) is 34.6. The molecule has 6 nitrogen and oxygen atoms in total. The molecule has 108 valence electrons. The van der Waals surface area contributed by atoms with E-state index in [0.29, 0.717) is 0 Å². The summed E-state index contributed by atoms with van der Waals surface area (Å²) < 4.78 is 5.52. The van der Waals surface area contributed by atoms with Gasteiger partial charge in [-0.2, -0.15) is 0 Å². The van der Waals surface area contributed by atoms with Crippen LogP contribution in [-0.2, 0) is 9.53 Å². The summed E-state index contributed by atoms with van der Waals surface area (Å²) in [7, 11) is 0. The quantitative estimate of drug-likeness (QED) is 0.453. The van der Waals surface area contributed by atoms with Crippen LogP contribution in [0.4, 0.5) is 0 Å². The molecule has 1 aliphatic heterocycles. The van der Waals surface area contributed by atoms with Crippen molar-refractivity contribution in [1.29, 1.82) is 0 Å². The molecule has 0 aromatic carbocycles. The lowest BCUT2D eigenvalue weighted by atomic mass is 9.90. The first-order valence-electron chi connectivity index (χ1n) is 6.14. The summed E-state index contributed by atoms with van der Waals surface area (Å²) in [4.78, 5) is 13.2. The van der Waals surface area contributed by atoms with Gasteiger partial charge < -0.3 is 25.0 Å². The van der Waals surface area contributed by atoms with Crippen LogP contribution in [0.3, 0.4) is 0 Å². The number of carbonyl (C=O) groups excluding carboxylic acids is 1. The minimum atomic E-state index is -1.18. The fourth-order valence-corrected chi connectivity index (χ4v) is 2.17. The molecule has 1 fully saturated rings. The molecule has 1 rings (SSSR count). The van der Waals surface area contributed by atoms with E-state index >= 15 is 0 Å². The van der Waals surface area contributed by atoms with E-state index in [0.717, 1.165) is 6.08 Å². The Bertz CT molecular complexity index is 344. The van der Waals surface area contributed by atoms with E-state index in [1.165, 1.54) is 11.0 Å². The molecule has 1 heterocycles. The van der Waals surface area contributed by atoms with Crippen molar-refractivity contribution in [2.45, 2.75) is 31.5 Å². The van der Waals surface area contributed by atoms with Crippen molar-refractivity contribution in [3.8, 4) is 0 Å². The molecule has 0 aromatic rings. The Hall–Kier alpha value is -1.21. The zero-order valence-corrected chi connectivity index (χ0v) is 11.0. The SMILES string of the molecule is C=CCN(C(=O)C=C)C1OC(CO)[C@@H](O)[C@H](O)C1C. The molecular weight excluding hydrogens is 250 g/mol. The second-order valence-corrected chi connectivity index (χ2v) is 4.57. The van der Waals surface area contributed by atoms with Crippen molar-refractivity contribution in [1.82, 2.24) is 4.90 Å². The Kier molecular flexibility index (Phi) is 5.68. The number of carbonyl (C=O) groups is 1. The summed E-state index contributed by atoms with van der Waals surface area (Å²) in [5.74, 6) is -0.862. The number of aliphatic hydroxyl groups excluding tert-OH is 3. The number of nitrogens with zero attached hydrogens (tertiary/aromatic N) is 1. The van der Waals surface area contributed by atoms with Gasteiger partial charge in [0.25, 0.3) is 0 Å². The molecule has 0 aromatic heterocycles. The molecule has 1 amide bonds. The standard InChI is InChI=1S/C13H21NO5/c1-4-6-14(10(16)5-2)13-8(3)11(17)12(18)9(7-15)19-13/h4-5,8-9,11-13,15,17-18H,1-2,6-7H2,3H3/t8?,9?,11-,12-,13?/m1/s1. The summed E-state index contributed by atoms with van der Waals surface area (Å²) in [6.45, 7) is 8.43. The molecule has 1 saturated heterocycles. The summed E-state index contributed by atoms with van der Waals surface area (Å²) in [6, 6.07) is 0. The van der Waals surface area contributed by atoms with Crippen LogP contribution < -0.4 is 0 Å². The Morgan fingerprint density at radius 2 is 2.00 bits per heavy atom. The van der Waals surface area contributed by atoms with Crippen LogP contribution in [0.5, 0.6) is 0 Å². The largest absolute Gasteiger partial charge is 0.394 e. The molecule has 3 unspecified atom stereocenters. The summed E-state index contributed by atoms with van der Waals surface area (Å²) >= 11 is 0. The summed E-state index contributed by atoms with van der Waals surface area (Å²) in [5, 5.41) is 28.9. The van der Waals surface area contributed by atoms with Gasteiger partial charge in [0.2, 0.25) is 5.91 Å². The van der Waals surface area contributed by atoms with Crippen LogP contribution in [-0.4, -0.2) is 63.8 Å². The lowest BCUT2D eigenvalue weighted by molar-refractivity contribution is -0.239. The molecule has 6 heteroatoms. The second-order valence-electron chi connectivity index (χ2n) is 4.57. The van der Waals surface area contributed by atoms with E-state index in [1.54, 1.807) is 6.92 Å². The van der Waals surface area contributed by atoms with Gasteiger partial charge in [-0.15, -0.1) is 6.58 Å². The Morgan fingerprint density at radius 1 is 1.37 bits per heavy atom. The van der Waals surface area contributed by atoms with Crippen LogP contribution in [0.1, 0.15) is 6.92 Å². The van der Waals surface area contributed by atoms with Crippen LogP contribution in [0.15, 0.2) is 25.3 Å². The number of hydrogen-bond donors (Lipinski definition) is 3. The number of hydrogen-bond acceptors (Lipinski definition) is 5. The van der Waals surface area contributed by atoms with Crippen molar-refractivity contribution in [2.75, 3.05) is 13.2 Å². The minimum absolute atomic E-state index is 0.223. The van der Waals surface area contributed by atoms with Gasteiger partial charge in [-0.05, 0) is 6.08 Å². The predicted molar refractivity (Wildman–Crippen MR) is 69.0 cm³/mol. The first-order valence-corrected chi connectivity index (χ1v) is 6.14. The fourth-order valence-electron chi connectivity index (χ4n) is 2.17. The Balaban J connectivity index is 2.97. The van der Waals surface area contributed by atoms with Crippen molar-refractivity contribution < 1.29 is 24.9 Å². The third kappa shape index (κ3) is 3.22. The van der Waals surface area contributed by atoms with Crippen molar-refractivity contribution in [3.63, 3.8) is 0 Å². The molecular formula is C13H21NO5. The fraction of sp³-hybridized carbons (Fsp3) is 0.615. The highest BCUT2D eigenvalue weighted by Gasteiger charge is 2.44. The van der Waals surface area contributed by atoms with E-state index in [1.807, 2.05) is 0 Å². The third-order valence-electron chi connectivity index (χ3n) is 3.30. The zero-order valence-electron chi connectivity index (χ0n) is 11.0. The molecule has 1 aliphatic rings. The number of ether oxygens (including phenoxy) is 1. The Morgan fingerprint density at radius 3 is 2.47 bits per heavy atom. The van der Waals surface area contributed by atoms with Gasteiger partial charge in [0.1, 0.15) is 18.4 Å². The van der Waals surface area contributed by atoms with E-state index < -0.39 is 37.1 Å². The highest BCUT2D eigenvalue weighted by atomic mass is 16.5. The van der Waals surface area contributed by atoms with E-state index in [4.69, 9.17) is 9.84 Å². The molecule has 0 saturated carbocycles. The molecule has 5 atom stereocenters. The van der Waals surface area contributed by atoms with Gasteiger partial charge in [-0.25, -0.2) is 0 Å². The van der Waals surface area contributed by atoms with Gasteiger partial charge in [0, 0.05) is 12.5 Å². The lowest BCUT2D eigenvalue weighted by Crippen LogP contribution is -2.60. The van der Waals surface area contributed by atoms with Crippen LogP contribution >= 0.6 is 0 Å². The smallest absolute Gasteiger partial charge is 0.248 e. The minimum Gasteiger partial charge on any atom is -0.394 e. The first-order chi connectivity index (χ1) is 8.97. The number of amides is 1. The molecule has 0 spiro atoms. The van der Waals surface area contributed by atoms with Gasteiger partial charge in [-0.3, -0.25) is 4.79 Å². The van der Waals surface area contributed by atoms with Crippen LogP contribution in [0.25, 0.3) is 0 Å². The Labute approximate surface area is 112 Å². The topological polar surface area (TPSA) is 90.2 Å². The van der Waals surface area contributed by atoms with Crippen LogP contribution in [0, 0.1) is 5.92 Å². The predicted octanol–water partition coefficient (Wildman–Crippen LogP) is -0.738. The van der Waals surface area contributed by atoms with E-state index in [2.05, 4.69) is 13.2 Å². The average Bonchev–Trinajstić information content (AvgIpc) is 2.42. The lowest BCUT2D eigenvalue weighted by Gasteiger charge is -2.45. The maximum absolute atomic E-state index is 11.8. The van der Waals surface area contributed by atoms with Crippen molar-refractivity contribution >= 4 is 5.91 Å². The van der Waals surface area contributed by atoms with Crippen LogP contribution in [0.2, 0.25) is 0 Å². The van der Waals surface area contributed by atoms with Crippen molar-refractivity contribution in [2.24, 2.45) is 5.92 Å². The number of rotatable bonds is 5. The monoisotopic (exact) mass is 271 g/mol. The maximum Gasteiger partial charge on any atom is 0.248 e. The number of aliphatic hydroxyl groups is 3. The summed E-state index contributed by atoms with van der Waals surface area (Å²) in [6.07, 6.45) is -1.27. The van der Waals surface area contributed by atoms with Gasteiger partial charge in [0.15, 0.2) is 0 Å². The average molecular weight is 271 g/mol. The third-order valence-corrected chi connectivity index (χ3v) is 3.30.